The lowest BCUT2D eigenvalue weighted by atomic mass is 9.91. The molecule has 3 saturated heterocycles. The maximum absolute atomic E-state index is 13.8. The number of alkyl halides is 2. The van der Waals surface area contributed by atoms with Crippen LogP contribution in [0.2, 0.25) is 0 Å². The van der Waals surface area contributed by atoms with Gasteiger partial charge in [0.15, 0.2) is 5.82 Å². The monoisotopic (exact) mass is 504 g/mol. The minimum Gasteiger partial charge on any atom is -0.383 e. The first-order valence-electron chi connectivity index (χ1n) is 13.1. The van der Waals surface area contributed by atoms with E-state index in [4.69, 9.17) is 4.74 Å². The second-order valence-electron chi connectivity index (χ2n) is 10.2. The molecule has 2 atom stereocenters. The van der Waals surface area contributed by atoms with Crippen molar-refractivity contribution >= 4 is 11.6 Å². The molecule has 1 N–H and O–H groups in total. The van der Waals surface area contributed by atoms with Crippen LogP contribution in [0.25, 0.3) is 0 Å². The summed E-state index contributed by atoms with van der Waals surface area (Å²) < 4.78 is 34.9. The Morgan fingerprint density at radius 3 is 2.50 bits per heavy atom. The van der Waals surface area contributed by atoms with Crippen LogP contribution in [0.3, 0.4) is 0 Å². The number of aromatic nitrogens is 4. The van der Waals surface area contributed by atoms with Gasteiger partial charge in [-0.15, -0.1) is 0 Å². The first kappa shape index (κ1) is 25.3. The van der Waals surface area contributed by atoms with Crippen molar-refractivity contribution in [1.82, 2.24) is 30.0 Å². The molecule has 0 aliphatic carbocycles. The van der Waals surface area contributed by atoms with E-state index in [1.165, 1.54) is 11.3 Å². The summed E-state index contributed by atoms with van der Waals surface area (Å²) in [6, 6.07) is 2.57. The Labute approximate surface area is 211 Å². The minimum atomic E-state index is -2.69. The lowest BCUT2D eigenvalue weighted by molar-refractivity contribution is 0.114. The van der Waals surface area contributed by atoms with Crippen LogP contribution < -0.4 is 15.1 Å². The van der Waals surface area contributed by atoms with E-state index in [-0.39, 0.29) is 11.9 Å². The molecule has 5 rings (SSSR count). The van der Waals surface area contributed by atoms with Gasteiger partial charge in [0.05, 0.1) is 19.3 Å². The van der Waals surface area contributed by atoms with Crippen LogP contribution in [0.1, 0.15) is 49.2 Å². The van der Waals surface area contributed by atoms with Gasteiger partial charge >= 0.3 is 0 Å². The first-order valence-corrected chi connectivity index (χ1v) is 13.1. The fraction of sp³-hybridized carbons (Fsp3) is 0.720. The normalized spacial score (nSPS) is 23.9. The van der Waals surface area contributed by atoms with Gasteiger partial charge in [-0.2, -0.15) is 5.10 Å². The van der Waals surface area contributed by atoms with E-state index >= 15 is 0 Å². The zero-order valence-corrected chi connectivity index (χ0v) is 21.5. The molecule has 0 aromatic carbocycles. The van der Waals surface area contributed by atoms with Crippen LogP contribution in [-0.2, 0) is 11.3 Å². The number of ether oxygens (including phenoxy) is 1. The van der Waals surface area contributed by atoms with Crippen LogP contribution in [0.4, 0.5) is 20.4 Å². The molecule has 9 nitrogen and oxygen atoms in total. The van der Waals surface area contributed by atoms with E-state index in [1.54, 1.807) is 7.11 Å². The van der Waals surface area contributed by atoms with E-state index in [1.807, 2.05) is 12.3 Å². The molecule has 36 heavy (non-hydrogen) atoms. The van der Waals surface area contributed by atoms with E-state index < -0.39 is 6.43 Å². The van der Waals surface area contributed by atoms with E-state index in [0.29, 0.717) is 30.2 Å². The van der Waals surface area contributed by atoms with Crippen LogP contribution in [0, 0.1) is 6.92 Å². The van der Waals surface area contributed by atoms with Crippen molar-refractivity contribution in [1.29, 1.82) is 0 Å². The van der Waals surface area contributed by atoms with Gasteiger partial charge in [0.25, 0.3) is 6.43 Å². The molecule has 5 heterocycles. The molecule has 0 bridgehead atoms. The summed E-state index contributed by atoms with van der Waals surface area (Å²) in [4.78, 5) is 15.3. The van der Waals surface area contributed by atoms with Crippen molar-refractivity contribution < 1.29 is 13.5 Å². The fourth-order valence-corrected chi connectivity index (χ4v) is 5.93. The minimum absolute atomic E-state index is 0.234. The number of anilines is 2. The summed E-state index contributed by atoms with van der Waals surface area (Å²) in [5, 5.41) is 7.93. The zero-order chi connectivity index (χ0) is 25.2. The molecule has 3 aliphatic rings. The lowest BCUT2D eigenvalue weighted by Gasteiger charge is -2.53. The highest BCUT2D eigenvalue weighted by atomic mass is 19.3. The average Bonchev–Trinajstić information content (AvgIpc) is 3.27. The Morgan fingerprint density at radius 2 is 1.83 bits per heavy atom. The summed E-state index contributed by atoms with van der Waals surface area (Å²) in [5.74, 6) is 1.23. The Hall–Kier alpha value is -2.37. The third-order valence-electron chi connectivity index (χ3n) is 8.04. The smallest absolute Gasteiger partial charge is 0.297 e. The number of hydrogen-bond acceptors (Lipinski definition) is 8. The molecular formula is C25H38F2N8O. The largest absolute Gasteiger partial charge is 0.383 e. The second kappa shape index (κ2) is 10.9. The van der Waals surface area contributed by atoms with Gasteiger partial charge in [0, 0.05) is 82.7 Å². The van der Waals surface area contributed by atoms with Gasteiger partial charge < -0.3 is 19.9 Å². The van der Waals surface area contributed by atoms with Gasteiger partial charge in [-0.1, -0.05) is 0 Å². The molecule has 2 aromatic rings. The Kier molecular flexibility index (Phi) is 7.68. The van der Waals surface area contributed by atoms with Gasteiger partial charge in [0.1, 0.15) is 11.6 Å². The van der Waals surface area contributed by atoms with Gasteiger partial charge in [-0.05, 0) is 32.3 Å². The second-order valence-corrected chi connectivity index (χ2v) is 10.2. The van der Waals surface area contributed by atoms with Crippen LogP contribution in [-0.4, -0.2) is 96.3 Å². The maximum atomic E-state index is 13.8. The summed E-state index contributed by atoms with van der Waals surface area (Å²) in [5.41, 5.74) is 2.45. The predicted molar refractivity (Wildman–Crippen MR) is 135 cm³/mol. The SMILES string of the molecule is COCCn1ncc(C)c1C1CCN(c2cc(N3C[C@@H](N4CCNCC4)[C@H]3C)nc(C(F)F)n2)CC1. The number of piperazine rings is 1. The highest BCUT2D eigenvalue weighted by Crippen LogP contribution is 2.35. The molecule has 0 unspecified atom stereocenters. The molecule has 3 fully saturated rings. The average molecular weight is 505 g/mol. The van der Waals surface area contributed by atoms with Crippen molar-refractivity contribution in [3.63, 3.8) is 0 Å². The predicted octanol–water partition coefficient (Wildman–Crippen LogP) is 2.43. The Morgan fingerprint density at radius 1 is 1.11 bits per heavy atom. The van der Waals surface area contributed by atoms with Crippen LogP contribution in [0.5, 0.6) is 0 Å². The van der Waals surface area contributed by atoms with E-state index in [2.05, 4.69) is 53.6 Å². The van der Waals surface area contributed by atoms with Crippen molar-refractivity contribution in [3.8, 4) is 0 Å². The number of aryl methyl sites for hydroxylation is 1. The van der Waals surface area contributed by atoms with Crippen molar-refractivity contribution in [2.45, 2.75) is 57.7 Å². The third-order valence-corrected chi connectivity index (χ3v) is 8.04. The summed E-state index contributed by atoms with van der Waals surface area (Å²) in [6.45, 7) is 12.0. The van der Waals surface area contributed by atoms with Crippen molar-refractivity contribution in [3.05, 3.63) is 29.3 Å². The van der Waals surface area contributed by atoms with E-state index in [0.717, 1.165) is 65.2 Å². The number of piperidine rings is 1. The highest BCUT2D eigenvalue weighted by Gasteiger charge is 2.41. The van der Waals surface area contributed by atoms with Gasteiger partial charge in [-0.25, -0.2) is 18.7 Å². The molecule has 198 valence electrons. The Bertz CT molecular complexity index is 1020. The molecule has 0 saturated carbocycles. The number of halogens is 2. The highest BCUT2D eigenvalue weighted by molar-refractivity contribution is 5.54. The van der Waals surface area contributed by atoms with Crippen LogP contribution >= 0.6 is 0 Å². The zero-order valence-electron chi connectivity index (χ0n) is 21.5. The van der Waals surface area contributed by atoms with E-state index in [9.17, 15) is 8.78 Å². The molecular weight excluding hydrogens is 466 g/mol. The molecule has 0 radical (unpaired) electrons. The molecule has 0 spiro atoms. The molecule has 11 heteroatoms. The number of rotatable bonds is 8. The molecule has 2 aromatic heterocycles. The number of methoxy groups -OCH3 is 1. The summed E-state index contributed by atoms with van der Waals surface area (Å²) >= 11 is 0. The number of hydrogen-bond donors (Lipinski definition) is 1. The summed E-state index contributed by atoms with van der Waals surface area (Å²) in [6.07, 6.45) is 1.08. The topological polar surface area (TPSA) is 74.6 Å². The van der Waals surface area contributed by atoms with Gasteiger partial charge in [-0.3, -0.25) is 9.58 Å². The standard InChI is InChI=1S/C25H38F2N8O/c1-17-15-29-35(12-13-36-3)23(17)19-4-8-33(9-5-19)21-14-22(31-25(30-21)24(26)27)34-16-20(18(34)2)32-10-6-28-7-11-32/h14-15,18-20,24,28H,4-13,16H2,1-3H3/t18-,20-/m1/s1. The fourth-order valence-electron chi connectivity index (χ4n) is 5.93. The lowest BCUT2D eigenvalue weighted by Crippen LogP contribution is -2.68. The number of nitrogens with one attached hydrogen (secondary N) is 1. The van der Waals surface area contributed by atoms with Crippen molar-refractivity contribution in [2.75, 3.05) is 69.3 Å². The Balaban J connectivity index is 1.28. The van der Waals surface area contributed by atoms with Crippen LogP contribution in [0.15, 0.2) is 12.3 Å². The summed E-state index contributed by atoms with van der Waals surface area (Å²) in [7, 11) is 1.70. The first-order chi connectivity index (χ1) is 17.5. The van der Waals surface area contributed by atoms with Gasteiger partial charge in [0.2, 0.25) is 0 Å². The maximum Gasteiger partial charge on any atom is 0.297 e. The quantitative estimate of drug-likeness (QED) is 0.588. The number of nitrogens with zero attached hydrogens (tertiary/aromatic N) is 7. The molecule has 3 aliphatic heterocycles. The third kappa shape index (κ3) is 5.05. The molecule has 0 amide bonds. The van der Waals surface area contributed by atoms with Crippen molar-refractivity contribution in [2.24, 2.45) is 0 Å².